The Morgan fingerprint density at radius 1 is 1.19 bits per heavy atom. The quantitative estimate of drug-likeness (QED) is 0.648. The Morgan fingerprint density at radius 3 is 2.12 bits per heavy atom. The van der Waals surface area contributed by atoms with E-state index < -0.39 is 10.0 Å². The van der Waals surface area contributed by atoms with Crippen molar-refractivity contribution in [2.45, 2.75) is 13.8 Å². The molecule has 0 aromatic heterocycles. The molecule has 0 fully saturated rings. The third-order valence-electron chi connectivity index (χ3n) is 2.13. The van der Waals surface area contributed by atoms with Crippen LogP contribution in [0.1, 0.15) is 13.8 Å². The summed E-state index contributed by atoms with van der Waals surface area (Å²) in [6.45, 7) is 6.04. The number of likely N-dealkylation sites (N-methyl/N-ethyl adjacent to an activating group) is 1. The molecule has 0 heterocycles. The van der Waals surface area contributed by atoms with Crippen molar-refractivity contribution in [1.29, 1.82) is 0 Å². The summed E-state index contributed by atoms with van der Waals surface area (Å²) in [6, 6.07) is 0. The summed E-state index contributed by atoms with van der Waals surface area (Å²) in [6.07, 6.45) is 0. The van der Waals surface area contributed by atoms with Crippen LogP contribution in [0.4, 0.5) is 0 Å². The first kappa shape index (κ1) is 15.8. The second-order valence-electron chi connectivity index (χ2n) is 4.66. The van der Waals surface area contributed by atoms with Gasteiger partial charge in [0.1, 0.15) is 0 Å². The molecule has 2 N–H and O–H groups in total. The highest BCUT2D eigenvalue weighted by molar-refractivity contribution is 7.89. The van der Waals surface area contributed by atoms with Gasteiger partial charge in [0.05, 0.1) is 5.75 Å². The Morgan fingerprint density at radius 2 is 1.75 bits per heavy atom. The van der Waals surface area contributed by atoms with Gasteiger partial charge in [-0.2, -0.15) is 0 Å². The maximum absolute atomic E-state index is 11.9. The van der Waals surface area contributed by atoms with E-state index in [4.69, 9.17) is 5.73 Å². The Balaban J connectivity index is 4.53. The molecule has 0 saturated carbocycles. The minimum Gasteiger partial charge on any atom is -0.329 e. The number of sulfonamides is 1. The zero-order valence-electron chi connectivity index (χ0n) is 10.8. The van der Waals surface area contributed by atoms with Gasteiger partial charge in [0.15, 0.2) is 0 Å². The van der Waals surface area contributed by atoms with E-state index in [2.05, 4.69) is 0 Å². The first-order valence-corrected chi connectivity index (χ1v) is 7.23. The second kappa shape index (κ2) is 7.21. The highest BCUT2D eigenvalue weighted by atomic mass is 32.2. The first-order chi connectivity index (χ1) is 7.29. The molecule has 98 valence electrons. The van der Waals surface area contributed by atoms with Crippen molar-refractivity contribution < 1.29 is 8.42 Å². The number of hydrogen-bond acceptors (Lipinski definition) is 4. The lowest BCUT2D eigenvalue weighted by atomic mass is 10.2. The summed E-state index contributed by atoms with van der Waals surface area (Å²) in [5.74, 6) is 0.363. The number of hydrogen-bond donors (Lipinski definition) is 1. The maximum atomic E-state index is 11.9. The molecule has 5 nitrogen and oxygen atoms in total. The maximum Gasteiger partial charge on any atom is 0.215 e. The average Bonchev–Trinajstić information content (AvgIpc) is 2.11. The molecule has 0 unspecified atom stereocenters. The van der Waals surface area contributed by atoms with Crippen LogP contribution >= 0.6 is 0 Å². The van der Waals surface area contributed by atoms with E-state index in [1.807, 2.05) is 32.8 Å². The van der Waals surface area contributed by atoms with Crippen molar-refractivity contribution in [2.24, 2.45) is 11.7 Å². The summed E-state index contributed by atoms with van der Waals surface area (Å²) in [4.78, 5) is 1.98. The van der Waals surface area contributed by atoms with Gasteiger partial charge in [-0.05, 0) is 20.0 Å². The molecule has 0 atom stereocenters. The zero-order valence-corrected chi connectivity index (χ0v) is 11.6. The van der Waals surface area contributed by atoms with Gasteiger partial charge in [-0.15, -0.1) is 0 Å². The molecule has 0 aromatic rings. The van der Waals surface area contributed by atoms with Crippen LogP contribution in [0.3, 0.4) is 0 Å². The van der Waals surface area contributed by atoms with E-state index in [0.29, 0.717) is 19.0 Å². The number of nitrogens with two attached hydrogens (primary N) is 1. The van der Waals surface area contributed by atoms with E-state index in [9.17, 15) is 8.42 Å². The molecular formula is C10H25N3O2S. The van der Waals surface area contributed by atoms with Gasteiger partial charge in [-0.1, -0.05) is 13.8 Å². The Bertz CT molecular complexity index is 276. The lowest BCUT2D eigenvalue weighted by Gasteiger charge is -2.25. The molecule has 6 heteroatoms. The van der Waals surface area contributed by atoms with Crippen LogP contribution in [-0.4, -0.2) is 63.7 Å². The van der Waals surface area contributed by atoms with E-state index in [-0.39, 0.29) is 12.3 Å². The molecule has 0 amide bonds. The van der Waals surface area contributed by atoms with E-state index >= 15 is 0 Å². The molecule has 0 aliphatic heterocycles. The summed E-state index contributed by atoms with van der Waals surface area (Å²) in [7, 11) is 0.686. The van der Waals surface area contributed by atoms with Crippen LogP contribution in [0.5, 0.6) is 0 Å². The topological polar surface area (TPSA) is 66.6 Å². The molecule has 16 heavy (non-hydrogen) atoms. The van der Waals surface area contributed by atoms with Crippen molar-refractivity contribution in [3.05, 3.63) is 0 Å². The van der Waals surface area contributed by atoms with Crippen LogP contribution in [0.15, 0.2) is 0 Å². The fraction of sp³-hybridized carbons (Fsp3) is 1.00. The monoisotopic (exact) mass is 251 g/mol. The minimum atomic E-state index is -3.18. The summed E-state index contributed by atoms with van der Waals surface area (Å²) < 4.78 is 25.4. The largest absolute Gasteiger partial charge is 0.329 e. The molecule has 0 radical (unpaired) electrons. The van der Waals surface area contributed by atoms with Gasteiger partial charge in [0.2, 0.25) is 10.0 Å². The van der Waals surface area contributed by atoms with Gasteiger partial charge in [-0.3, -0.25) is 0 Å². The van der Waals surface area contributed by atoms with E-state index in [1.54, 1.807) is 4.31 Å². The third-order valence-corrected chi connectivity index (χ3v) is 4.00. The van der Waals surface area contributed by atoms with Crippen molar-refractivity contribution in [3.8, 4) is 0 Å². The van der Waals surface area contributed by atoms with Crippen molar-refractivity contribution >= 4 is 10.0 Å². The molecule has 0 saturated heterocycles. The number of rotatable bonds is 8. The standard InChI is InChI=1S/C10H25N3O2S/c1-10(2)9-13(7-6-12(3)4)16(14,15)8-5-11/h10H,5-9,11H2,1-4H3. The molecule has 0 spiro atoms. The third kappa shape index (κ3) is 6.42. The Labute approximate surface area is 99.6 Å². The predicted octanol–water partition coefficient (Wildman–Crippen LogP) is -0.205. The van der Waals surface area contributed by atoms with Crippen LogP contribution in [0, 0.1) is 5.92 Å². The smallest absolute Gasteiger partial charge is 0.215 e. The highest BCUT2D eigenvalue weighted by Crippen LogP contribution is 2.06. The van der Waals surface area contributed by atoms with E-state index in [0.717, 1.165) is 6.54 Å². The fourth-order valence-corrected chi connectivity index (χ4v) is 2.78. The molecule has 0 aromatic carbocycles. The van der Waals surface area contributed by atoms with Crippen LogP contribution in [-0.2, 0) is 10.0 Å². The predicted molar refractivity (Wildman–Crippen MR) is 67.8 cm³/mol. The summed E-state index contributed by atoms with van der Waals surface area (Å²) in [5, 5.41) is 0. The molecule has 0 bridgehead atoms. The van der Waals surface area contributed by atoms with Crippen molar-refractivity contribution in [3.63, 3.8) is 0 Å². The Hall–Kier alpha value is -0.170. The lowest BCUT2D eigenvalue weighted by Crippen LogP contribution is -2.41. The van der Waals surface area contributed by atoms with Gasteiger partial charge in [-0.25, -0.2) is 12.7 Å². The van der Waals surface area contributed by atoms with E-state index in [1.165, 1.54) is 0 Å². The zero-order chi connectivity index (χ0) is 12.8. The average molecular weight is 251 g/mol. The summed E-state index contributed by atoms with van der Waals surface area (Å²) in [5.41, 5.74) is 5.32. The van der Waals surface area contributed by atoms with Gasteiger partial charge in [0.25, 0.3) is 0 Å². The molecular weight excluding hydrogens is 226 g/mol. The SMILES string of the molecule is CC(C)CN(CCN(C)C)S(=O)(=O)CCN. The van der Waals surface area contributed by atoms with Crippen molar-refractivity contribution in [1.82, 2.24) is 9.21 Å². The Kier molecular flexibility index (Phi) is 7.14. The first-order valence-electron chi connectivity index (χ1n) is 5.62. The van der Waals surface area contributed by atoms with Gasteiger partial charge < -0.3 is 10.6 Å². The molecule has 0 rings (SSSR count). The van der Waals surface area contributed by atoms with Crippen LogP contribution < -0.4 is 5.73 Å². The second-order valence-corrected chi connectivity index (χ2v) is 6.75. The highest BCUT2D eigenvalue weighted by Gasteiger charge is 2.21. The minimum absolute atomic E-state index is 0.0349. The number of nitrogens with zero attached hydrogens (tertiary/aromatic N) is 2. The van der Waals surface area contributed by atoms with Crippen LogP contribution in [0.2, 0.25) is 0 Å². The lowest BCUT2D eigenvalue weighted by molar-refractivity contribution is 0.313. The molecule has 0 aliphatic rings. The van der Waals surface area contributed by atoms with Gasteiger partial charge in [0, 0.05) is 26.2 Å². The van der Waals surface area contributed by atoms with Gasteiger partial charge >= 0.3 is 0 Å². The fourth-order valence-electron chi connectivity index (χ4n) is 1.34. The molecule has 0 aliphatic carbocycles. The van der Waals surface area contributed by atoms with Crippen LogP contribution in [0.25, 0.3) is 0 Å². The normalized spacial score (nSPS) is 13.0. The van der Waals surface area contributed by atoms with Crippen molar-refractivity contribution in [2.75, 3.05) is 46.0 Å². The summed E-state index contributed by atoms with van der Waals surface area (Å²) >= 11 is 0.